The highest BCUT2D eigenvalue weighted by Gasteiger charge is 2.17. The number of ether oxygens (including phenoxy) is 4. The summed E-state index contributed by atoms with van der Waals surface area (Å²) in [7, 11) is 1.58. The van der Waals surface area contributed by atoms with E-state index in [9.17, 15) is 33.6 Å². The van der Waals surface area contributed by atoms with Gasteiger partial charge in [-0.1, -0.05) is 0 Å². The normalized spacial score (nSPS) is 10.2. The topological polar surface area (TPSA) is 224 Å². The molecule has 0 radical (unpaired) electrons. The smallest absolute Gasteiger partial charge is 0.344 e. The Morgan fingerprint density at radius 2 is 0.933 bits per heavy atom. The minimum Gasteiger partial charge on any atom is -0.480 e. The predicted octanol–water partition coefficient (Wildman–Crippen LogP) is 1.06. The van der Waals surface area contributed by atoms with Crippen molar-refractivity contribution < 1.29 is 67.8 Å². The molecule has 0 aliphatic carbocycles. The number of carboxylic acids is 3. The Labute approximate surface area is 256 Å². The van der Waals surface area contributed by atoms with Gasteiger partial charge >= 0.3 is 41.8 Å². The third kappa shape index (κ3) is 13.5. The van der Waals surface area contributed by atoms with Gasteiger partial charge in [-0.2, -0.15) is 0 Å². The molecule has 0 aliphatic rings. The van der Waals surface area contributed by atoms with Gasteiger partial charge in [0, 0.05) is 18.4 Å². The summed E-state index contributed by atoms with van der Waals surface area (Å²) < 4.78 is 19.7. The van der Waals surface area contributed by atoms with Crippen LogP contribution in [0.25, 0.3) is 0 Å². The van der Waals surface area contributed by atoms with Crippen LogP contribution in [0.15, 0.2) is 48.5 Å². The molecule has 0 unspecified atom stereocenters. The fourth-order valence-corrected chi connectivity index (χ4v) is 3.59. The minimum absolute atomic E-state index is 0.0279. The number of carboxylic acid groups (broad SMARTS) is 3. The van der Waals surface area contributed by atoms with E-state index in [0.717, 1.165) is 4.90 Å². The molecule has 2 aromatic rings. The zero-order chi connectivity index (χ0) is 33.4. The molecule has 0 aromatic heterocycles. The number of carbonyl (C=O) groups excluding carboxylic acids is 4. The first kappa shape index (κ1) is 35.5. The van der Waals surface area contributed by atoms with Crippen LogP contribution in [0.4, 0.5) is 11.4 Å². The molecule has 0 heterocycles. The second-order valence-electron chi connectivity index (χ2n) is 9.29. The van der Waals surface area contributed by atoms with Gasteiger partial charge in [0.05, 0.1) is 24.3 Å². The number of rotatable bonds is 19. The Hall–Kier alpha value is -5.67. The van der Waals surface area contributed by atoms with E-state index in [1.165, 1.54) is 41.3 Å². The summed E-state index contributed by atoms with van der Waals surface area (Å²) in [5.41, 5.74) is 1.04. The molecule has 0 atom stereocenters. The van der Waals surface area contributed by atoms with Gasteiger partial charge in [-0.3, -0.25) is 14.4 Å². The maximum absolute atomic E-state index is 12.2. The van der Waals surface area contributed by atoms with Crippen molar-refractivity contribution in [2.75, 3.05) is 62.9 Å². The highest BCUT2D eigenvalue weighted by molar-refractivity contribution is 5.92. The van der Waals surface area contributed by atoms with Crippen molar-refractivity contribution in [3.05, 3.63) is 59.7 Å². The van der Waals surface area contributed by atoms with Gasteiger partial charge in [-0.25, -0.2) is 19.2 Å². The number of likely N-dealkylation sites (N-methyl/N-ethyl adjacent to an activating group) is 1. The van der Waals surface area contributed by atoms with Crippen molar-refractivity contribution in [1.29, 1.82) is 0 Å². The number of hydrogen-bond donors (Lipinski definition) is 3. The second-order valence-corrected chi connectivity index (χ2v) is 9.29. The number of esters is 4. The van der Waals surface area contributed by atoms with Crippen LogP contribution in [0.3, 0.4) is 0 Å². The highest BCUT2D eigenvalue weighted by Crippen LogP contribution is 2.16. The molecule has 45 heavy (non-hydrogen) atoms. The first-order valence-electron chi connectivity index (χ1n) is 13.3. The fourth-order valence-electron chi connectivity index (χ4n) is 3.59. The van der Waals surface area contributed by atoms with Crippen molar-refractivity contribution in [2.45, 2.75) is 12.8 Å². The lowest BCUT2D eigenvalue weighted by Crippen LogP contribution is -2.34. The summed E-state index contributed by atoms with van der Waals surface area (Å²) in [4.78, 5) is 83.3. The molecule has 0 aliphatic heterocycles. The van der Waals surface area contributed by atoms with E-state index < -0.39 is 68.1 Å². The van der Waals surface area contributed by atoms with Gasteiger partial charge in [-0.05, 0) is 61.4 Å². The lowest BCUT2D eigenvalue weighted by atomic mass is 10.2. The van der Waals surface area contributed by atoms with Gasteiger partial charge in [-0.15, -0.1) is 0 Å². The van der Waals surface area contributed by atoms with Crippen LogP contribution in [0, 0.1) is 0 Å². The van der Waals surface area contributed by atoms with Gasteiger partial charge in [0.2, 0.25) is 0 Å². The molecule has 2 rings (SSSR count). The summed E-state index contributed by atoms with van der Waals surface area (Å²) in [5.74, 6) is -6.69. The van der Waals surface area contributed by atoms with Crippen molar-refractivity contribution in [2.24, 2.45) is 0 Å². The van der Waals surface area contributed by atoms with Crippen molar-refractivity contribution in [1.82, 2.24) is 0 Å². The van der Waals surface area contributed by atoms with Gasteiger partial charge in [0.25, 0.3) is 0 Å². The Bertz CT molecular complexity index is 1340. The summed E-state index contributed by atoms with van der Waals surface area (Å²) in [6, 6.07) is 11.2. The van der Waals surface area contributed by atoms with Crippen LogP contribution in [0.5, 0.6) is 0 Å². The quantitative estimate of drug-likeness (QED) is 0.112. The van der Waals surface area contributed by atoms with Gasteiger partial charge in [0.1, 0.15) is 19.6 Å². The third-order valence-electron chi connectivity index (χ3n) is 5.74. The highest BCUT2D eigenvalue weighted by atomic mass is 16.6. The molecule has 16 nitrogen and oxygen atoms in total. The largest absolute Gasteiger partial charge is 0.480 e. The second kappa shape index (κ2) is 18.1. The van der Waals surface area contributed by atoms with Crippen molar-refractivity contribution in [3.63, 3.8) is 0 Å². The van der Waals surface area contributed by atoms with Crippen LogP contribution in [0.2, 0.25) is 0 Å². The lowest BCUT2D eigenvalue weighted by Gasteiger charge is -2.20. The SMILES string of the molecule is CN(CC(=O)O)c1ccc(C(=O)OCC(=O)OCCCCOC(=O)COC(=O)c2ccc(N(CC(=O)O)CC(=O)O)cc2)cc1. The van der Waals surface area contributed by atoms with Crippen molar-refractivity contribution in [3.8, 4) is 0 Å². The number of nitrogens with zero attached hydrogens (tertiary/aromatic N) is 2. The summed E-state index contributed by atoms with van der Waals surface area (Å²) >= 11 is 0. The Kier molecular flexibility index (Phi) is 14.3. The van der Waals surface area contributed by atoms with Crippen LogP contribution in [-0.4, -0.2) is 110 Å². The molecular weight excluding hydrogens is 600 g/mol. The molecule has 0 saturated carbocycles. The van der Waals surface area contributed by atoms with E-state index in [-0.39, 0.29) is 36.6 Å². The average Bonchev–Trinajstić information content (AvgIpc) is 2.99. The number of unbranched alkanes of at least 4 members (excludes halogenated alkanes) is 1. The first-order valence-corrected chi connectivity index (χ1v) is 13.3. The number of hydrogen-bond acceptors (Lipinski definition) is 13. The zero-order valence-electron chi connectivity index (χ0n) is 24.2. The number of anilines is 2. The van der Waals surface area contributed by atoms with E-state index in [2.05, 4.69) is 0 Å². The summed E-state index contributed by atoms with van der Waals surface area (Å²) in [6.45, 7) is -2.71. The van der Waals surface area contributed by atoms with Gasteiger partial charge in [0.15, 0.2) is 13.2 Å². The number of carbonyl (C=O) groups is 7. The average molecular weight is 633 g/mol. The molecule has 3 N–H and O–H groups in total. The van der Waals surface area contributed by atoms with Crippen LogP contribution >= 0.6 is 0 Å². The molecular formula is C29H32N2O14. The monoisotopic (exact) mass is 632 g/mol. The van der Waals surface area contributed by atoms with E-state index in [4.69, 9.17) is 34.3 Å². The van der Waals surface area contributed by atoms with Gasteiger partial charge < -0.3 is 44.1 Å². The zero-order valence-corrected chi connectivity index (χ0v) is 24.2. The van der Waals surface area contributed by atoms with E-state index in [0.29, 0.717) is 18.5 Å². The predicted molar refractivity (Wildman–Crippen MR) is 153 cm³/mol. The maximum atomic E-state index is 12.2. The van der Waals surface area contributed by atoms with Crippen molar-refractivity contribution >= 4 is 53.2 Å². The molecule has 0 fully saturated rings. The van der Waals surface area contributed by atoms with Crippen LogP contribution < -0.4 is 9.80 Å². The van der Waals surface area contributed by atoms with E-state index >= 15 is 0 Å². The lowest BCUT2D eigenvalue weighted by molar-refractivity contribution is -0.149. The Balaban J connectivity index is 1.60. The van der Waals surface area contributed by atoms with E-state index in [1.54, 1.807) is 19.2 Å². The molecule has 0 amide bonds. The van der Waals surface area contributed by atoms with Crippen LogP contribution in [0.1, 0.15) is 33.6 Å². The molecule has 0 saturated heterocycles. The molecule has 242 valence electrons. The minimum atomic E-state index is -1.23. The maximum Gasteiger partial charge on any atom is 0.344 e. The summed E-state index contributed by atoms with van der Waals surface area (Å²) in [6.07, 6.45) is 0.644. The molecule has 16 heteroatoms. The summed E-state index contributed by atoms with van der Waals surface area (Å²) in [5, 5.41) is 26.7. The molecule has 0 spiro atoms. The Morgan fingerprint density at radius 3 is 1.31 bits per heavy atom. The number of aliphatic carboxylic acids is 3. The Morgan fingerprint density at radius 1 is 0.556 bits per heavy atom. The third-order valence-corrected chi connectivity index (χ3v) is 5.74. The number of benzene rings is 2. The standard InChI is InChI=1S/C29H32N2O14/c1-30(14-23(32)33)21-8-4-19(5-9-21)28(40)44-17-26(38)42-12-2-3-13-43-27(39)18-45-29(41)20-6-10-22(11-7-20)31(15-24(34)35)16-25(36)37/h4-11H,2-3,12-18H2,1H3,(H,32,33)(H,34,35)(H,36,37). The van der Waals surface area contributed by atoms with E-state index in [1.807, 2.05) is 0 Å². The first-order chi connectivity index (χ1) is 21.3. The van der Waals surface area contributed by atoms with Crippen LogP contribution in [-0.2, 0) is 42.9 Å². The molecule has 0 bridgehead atoms. The fraction of sp³-hybridized carbons (Fsp3) is 0.345. The molecule has 2 aromatic carbocycles.